The van der Waals surface area contributed by atoms with E-state index in [9.17, 15) is 9.59 Å². The number of para-hydroxylation sites is 1. The highest BCUT2D eigenvalue weighted by Gasteiger charge is 2.11. The molecule has 1 amide bonds. The normalized spacial score (nSPS) is 10.1. The van der Waals surface area contributed by atoms with Crippen LogP contribution in [0, 0.1) is 0 Å². The predicted octanol–water partition coefficient (Wildman–Crippen LogP) is 2.14. The van der Waals surface area contributed by atoms with E-state index in [2.05, 4.69) is 5.32 Å². The van der Waals surface area contributed by atoms with E-state index in [4.69, 9.17) is 19.3 Å². The zero-order valence-electron chi connectivity index (χ0n) is 14.7. The third kappa shape index (κ3) is 5.14. The van der Waals surface area contributed by atoms with Gasteiger partial charge in [0.05, 0.1) is 14.2 Å². The highest BCUT2D eigenvalue weighted by atomic mass is 16.5. The van der Waals surface area contributed by atoms with Crippen molar-refractivity contribution in [2.24, 2.45) is 0 Å². The Hall–Kier alpha value is -3.22. The van der Waals surface area contributed by atoms with Gasteiger partial charge in [-0.05, 0) is 36.2 Å². The Morgan fingerprint density at radius 2 is 1.73 bits per heavy atom. The van der Waals surface area contributed by atoms with E-state index < -0.39 is 5.97 Å². The van der Waals surface area contributed by atoms with Crippen molar-refractivity contribution < 1.29 is 28.9 Å². The van der Waals surface area contributed by atoms with Crippen LogP contribution in [0.5, 0.6) is 17.2 Å². The third-order valence-electron chi connectivity index (χ3n) is 3.66. The van der Waals surface area contributed by atoms with Crippen LogP contribution in [0.25, 0.3) is 0 Å². The van der Waals surface area contributed by atoms with Crippen molar-refractivity contribution in [3.05, 3.63) is 53.6 Å². The van der Waals surface area contributed by atoms with Gasteiger partial charge in [0.1, 0.15) is 11.3 Å². The van der Waals surface area contributed by atoms with E-state index >= 15 is 0 Å². The number of nitrogens with one attached hydrogen (secondary N) is 1. The van der Waals surface area contributed by atoms with E-state index in [0.717, 1.165) is 5.56 Å². The van der Waals surface area contributed by atoms with E-state index in [-0.39, 0.29) is 23.8 Å². The minimum absolute atomic E-state index is 0.0191. The lowest BCUT2D eigenvalue weighted by atomic mass is 10.1. The van der Waals surface area contributed by atoms with E-state index in [1.807, 2.05) is 18.2 Å². The Kier molecular flexibility index (Phi) is 6.84. The first-order valence-corrected chi connectivity index (χ1v) is 7.98. The number of hydrogen-bond acceptors (Lipinski definition) is 5. The van der Waals surface area contributed by atoms with Crippen LogP contribution < -0.4 is 19.5 Å². The largest absolute Gasteiger partial charge is 0.493 e. The monoisotopic (exact) mass is 359 g/mol. The van der Waals surface area contributed by atoms with E-state index in [1.165, 1.54) is 12.1 Å². The molecule has 0 aliphatic carbocycles. The van der Waals surface area contributed by atoms with Gasteiger partial charge >= 0.3 is 5.97 Å². The molecule has 0 heterocycles. The van der Waals surface area contributed by atoms with Crippen LogP contribution >= 0.6 is 0 Å². The number of hydrogen-bond donors (Lipinski definition) is 2. The molecule has 0 saturated carbocycles. The summed E-state index contributed by atoms with van der Waals surface area (Å²) < 4.78 is 15.7. The van der Waals surface area contributed by atoms with Crippen LogP contribution in [0.2, 0.25) is 0 Å². The first-order chi connectivity index (χ1) is 12.5. The molecule has 7 heteroatoms. The quantitative estimate of drug-likeness (QED) is 0.712. The molecule has 138 valence electrons. The van der Waals surface area contributed by atoms with Gasteiger partial charge in [0.25, 0.3) is 5.91 Å². The number of rotatable bonds is 9. The van der Waals surface area contributed by atoms with Crippen LogP contribution in [0.15, 0.2) is 42.5 Å². The van der Waals surface area contributed by atoms with Gasteiger partial charge in [-0.2, -0.15) is 0 Å². The number of carboxylic acid groups (broad SMARTS) is 1. The second-order valence-corrected chi connectivity index (χ2v) is 5.38. The fraction of sp³-hybridized carbons (Fsp3) is 0.263. The molecule has 0 aromatic heterocycles. The second-order valence-electron chi connectivity index (χ2n) is 5.38. The van der Waals surface area contributed by atoms with Gasteiger partial charge in [0, 0.05) is 6.54 Å². The van der Waals surface area contributed by atoms with Crippen LogP contribution in [-0.2, 0) is 11.2 Å². The van der Waals surface area contributed by atoms with Crippen LogP contribution in [0.3, 0.4) is 0 Å². The summed E-state index contributed by atoms with van der Waals surface area (Å²) in [7, 11) is 3.13. The van der Waals surface area contributed by atoms with Crippen molar-refractivity contribution in [3.8, 4) is 17.2 Å². The van der Waals surface area contributed by atoms with Crippen molar-refractivity contribution in [3.63, 3.8) is 0 Å². The number of ether oxygens (including phenoxy) is 3. The van der Waals surface area contributed by atoms with Gasteiger partial charge in [-0.25, -0.2) is 4.79 Å². The number of amides is 1. The molecule has 0 radical (unpaired) electrons. The Morgan fingerprint density at radius 3 is 2.42 bits per heavy atom. The summed E-state index contributed by atoms with van der Waals surface area (Å²) in [5.74, 6) is 0.00545. The van der Waals surface area contributed by atoms with Crippen molar-refractivity contribution in [2.45, 2.75) is 6.42 Å². The molecule has 0 bridgehead atoms. The maximum absolute atomic E-state index is 11.9. The lowest BCUT2D eigenvalue weighted by molar-refractivity contribution is -0.123. The summed E-state index contributed by atoms with van der Waals surface area (Å²) >= 11 is 0. The molecular formula is C19H21NO6. The summed E-state index contributed by atoms with van der Waals surface area (Å²) in [5.41, 5.74) is 1.01. The van der Waals surface area contributed by atoms with Crippen LogP contribution in [0.4, 0.5) is 0 Å². The fourth-order valence-electron chi connectivity index (χ4n) is 2.35. The molecule has 0 fully saturated rings. The Bertz CT molecular complexity index is 774. The third-order valence-corrected chi connectivity index (χ3v) is 3.66. The smallest absolute Gasteiger partial charge is 0.339 e. The molecule has 0 unspecified atom stereocenters. The molecule has 2 aromatic carbocycles. The highest BCUT2D eigenvalue weighted by Crippen LogP contribution is 2.27. The average molecular weight is 359 g/mol. The summed E-state index contributed by atoms with van der Waals surface area (Å²) in [5, 5.41) is 11.8. The number of aromatic carboxylic acids is 1. The molecule has 0 aliphatic rings. The first kappa shape index (κ1) is 19.1. The maximum Gasteiger partial charge on any atom is 0.339 e. The Labute approximate surface area is 151 Å². The lowest BCUT2D eigenvalue weighted by Crippen LogP contribution is -2.30. The molecule has 0 aliphatic heterocycles. The molecule has 26 heavy (non-hydrogen) atoms. The number of carbonyl (C=O) groups excluding carboxylic acids is 1. The average Bonchev–Trinajstić information content (AvgIpc) is 2.66. The Balaban J connectivity index is 1.82. The number of methoxy groups -OCH3 is 2. The predicted molar refractivity (Wildman–Crippen MR) is 95.2 cm³/mol. The number of carboxylic acids is 1. The molecule has 2 aromatic rings. The summed E-state index contributed by atoms with van der Waals surface area (Å²) in [6.07, 6.45) is 0.609. The van der Waals surface area contributed by atoms with Crippen molar-refractivity contribution in [2.75, 3.05) is 27.4 Å². The number of benzene rings is 2. The van der Waals surface area contributed by atoms with Crippen LogP contribution in [-0.4, -0.2) is 44.4 Å². The minimum atomic E-state index is -1.10. The molecule has 2 N–H and O–H groups in total. The van der Waals surface area contributed by atoms with Crippen molar-refractivity contribution in [1.29, 1.82) is 0 Å². The fourth-order valence-corrected chi connectivity index (χ4v) is 2.35. The number of carbonyl (C=O) groups is 2. The Morgan fingerprint density at radius 1 is 1.00 bits per heavy atom. The van der Waals surface area contributed by atoms with Gasteiger partial charge in [0.2, 0.25) is 0 Å². The zero-order valence-corrected chi connectivity index (χ0v) is 14.7. The summed E-state index contributed by atoms with van der Waals surface area (Å²) in [6.45, 7) is 0.161. The maximum atomic E-state index is 11.9. The topological polar surface area (TPSA) is 94.1 Å². The SMILES string of the molecule is COc1ccc(CCNC(=O)COc2ccccc2C(=O)O)cc1OC. The summed E-state index contributed by atoms with van der Waals surface area (Å²) in [6, 6.07) is 11.7. The van der Waals surface area contributed by atoms with Gasteiger partial charge in [0.15, 0.2) is 18.1 Å². The molecule has 0 saturated heterocycles. The molecular weight excluding hydrogens is 338 g/mol. The van der Waals surface area contributed by atoms with Gasteiger partial charge in [-0.15, -0.1) is 0 Å². The van der Waals surface area contributed by atoms with Crippen molar-refractivity contribution >= 4 is 11.9 Å². The van der Waals surface area contributed by atoms with Crippen LogP contribution in [0.1, 0.15) is 15.9 Å². The van der Waals surface area contributed by atoms with Gasteiger partial charge in [-0.1, -0.05) is 18.2 Å². The van der Waals surface area contributed by atoms with Crippen molar-refractivity contribution in [1.82, 2.24) is 5.32 Å². The minimum Gasteiger partial charge on any atom is -0.493 e. The molecule has 0 atom stereocenters. The standard InChI is InChI=1S/C19H21NO6/c1-24-16-8-7-13(11-17(16)25-2)9-10-20-18(21)12-26-15-6-4-3-5-14(15)19(22)23/h3-8,11H,9-10,12H2,1-2H3,(H,20,21)(H,22,23). The molecule has 0 spiro atoms. The first-order valence-electron chi connectivity index (χ1n) is 7.98. The molecule has 2 rings (SSSR count). The van der Waals surface area contributed by atoms with E-state index in [1.54, 1.807) is 26.4 Å². The van der Waals surface area contributed by atoms with Gasteiger partial charge in [-0.3, -0.25) is 4.79 Å². The van der Waals surface area contributed by atoms with E-state index in [0.29, 0.717) is 24.5 Å². The molecule has 7 nitrogen and oxygen atoms in total. The highest BCUT2D eigenvalue weighted by molar-refractivity contribution is 5.91. The van der Waals surface area contributed by atoms with Gasteiger partial charge < -0.3 is 24.6 Å². The zero-order chi connectivity index (χ0) is 18.9. The second kappa shape index (κ2) is 9.31. The summed E-state index contributed by atoms with van der Waals surface area (Å²) in [4.78, 5) is 23.0. The lowest BCUT2D eigenvalue weighted by Gasteiger charge is -2.11.